The Balaban J connectivity index is 1.51. The van der Waals surface area contributed by atoms with Gasteiger partial charge in [-0.1, -0.05) is 54.6 Å². The van der Waals surface area contributed by atoms with Crippen molar-refractivity contribution in [2.45, 2.75) is 33.7 Å². The lowest BCUT2D eigenvalue weighted by molar-refractivity contribution is 0.0602. The van der Waals surface area contributed by atoms with Gasteiger partial charge in [0, 0.05) is 11.3 Å². The third-order valence-corrected chi connectivity index (χ3v) is 7.09. The summed E-state index contributed by atoms with van der Waals surface area (Å²) in [6.07, 6.45) is 0.723. The normalized spacial score (nSPS) is 10.7. The zero-order chi connectivity index (χ0) is 24.9. The highest BCUT2D eigenvalue weighted by Crippen LogP contribution is 2.31. The van der Waals surface area contributed by atoms with Crippen LogP contribution >= 0.6 is 23.6 Å². The Bertz CT molecular complexity index is 1360. The van der Waals surface area contributed by atoms with Crippen molar-refractivity contribution < 1.29 is 9.53 Å². The molecule has 0 amide bonds. The molecule has 2 N–H and O–H groups in total. The maximum atomic E-state index is 12.4. The molecular formula is C27H28N4O2S2. The minimum absolute atomic E-state index is 0.393. The molecule has 0 fully saturated rings. The largest absolute Gasteiger partial charge is 0.465 e. The fraction of sp³-hybridized carbons (Fsp3) is 0.222. The second-order valence-corrected chi connectivity index (χ2v) is 9.86. The van der Waals surface area contributed by atoms with Gasteiger partial charge in [0.25, 0.3) is 0 Å². The highest BCUT2D eigenvalue weighted by Gasteiger charge is 2.19. The number of esters is 1. The van der Waals surface area contributed by atoms with Gasteiger partial charge in [0.05, 0.1) is 36.3 Å². The SMILES string of the molecule is COC(=O)c1cc(Cc2ccccc2)sc1NC(=S)Nc1c(C)nn(Cc2ccccc2C)c1C. The molecule has 0 spiro atoms. The molecule has 0 unspecified atom stereocenters. The van der Waals surface area contributed by atoms with Crippen molar-refractivity contribution in [3.63, 3.8) is 0 Å². The average molecular weight is 505 g/mol. The molecule has 0 aliphatic rings. The van der Waals surface area contributed by atoms with E-state index in [0.717, 1.165) is 28.4 Å². The van der Waals surface area contributed by atoms with E-state index in [-0.39, 0.29) is 0 Å². The monoisotopic (exact) mass is 504 g/mol. The lowest BCUT2D eigenvalue weighted by Crippen LogP contribution is -2.20. The van der Waals surface area contributed by atoms with Crippen molar-refractivity contribution in [1.82, 2.24) is 9.78 Å². The van der Waals surface area contributed by atoms with Gasteiger partial charge in [0.2, 0.25) is 0 Å². The number of thiocarbonyl (C=S) groups is 1. The molecule has 0 saturated carbocycles. The zero-order valence-electron chi connectivity index (χ0n) is 20.2. The second kappa shape index (κ2) is 10.8. The number of aromatic nitrogens is 2. The van der Waals surface area contributed by atoms with Gasteiger partial charge >= 0.3 is 5.97 Å². The fourth-order valence-electron chi connectivity index (χ4n) is 3.91. The van der Waals surface area contributed by atoms with Crippen molar-refractivity contribution >= 4 is 45.3 Å². The molecule has 2 heterocycles. The Kier molecular flexibility index (Phi) is 7.63. The molecule has 0 aliphatic carbocycles. The maximum absolute atomic E-state index is 12.4. The Hall–Kier alpha value is -3.49. The lowest BCUT2D eigenvalue weighted by Gasteiger charge is -2.11. The molecule has 35 heavy (non-hydrogen) atoms. The van der Waals surface area contributed by atoms with Crippen LogP contribution in [0.1, 0.15) is 43.3 Å². The molecule has 2 aromatic heterocycles. The number of hydrogen-bond acceptors (Lipinski definition) is 5. The number of carbonyl (C=O) groups excluding carboxylic acids is 1. The van der Waals surface area contributed by atoms with Crippen molar-refractivity contribution in [2.75, 3.05) is 17.7 Å². The van der Waals surface area contributed by atoms with E-state index < -0.39 is 5.97 Å². The topological polar surface area (TPSA) is 68.2 Å². The number of thiophene rings is 1. The molecule has 180 valence electrons. The van der Waals surface area contributed by atoms with Gasteiger partial charge in [-0.15, -0.1) is 11.3 Å². The van der Waals surface area contributed by atoms with Crippen LogP contribution in [-0.2, 0) is 17.7 Å². The first-order valence-electron chi connectivity index (χ1n) is 11.3. The predicted molar refractivity (Wildman–Crippen MR) is 147 cm³/mol. The standard InChI is InChI=1S/C27H28N4O2S2/c1-17-10-8-9-13-21(17)16-31-19(3)24(18(2)30-31)28-27(34)29-25-23(26(32)33-4)15-22(35-25)14-20-11-6-5-7-12-20/h5-13,15H,14,16H2,1-4H3,(H2,28,29,34). The van der Waals surface area contributed by atoms with Gasteiger partial charge in [0.1, 0.15) is 5.00 Å². The Morgan fingerprint density at radius 1 is 1.06 bits per heavy atom. The number of rotatable bonds is 7. The van der Waals surface area contributed by atoms with Crippen molar-refractivity contribution in [3.8, 4) is 0 Å². The molecule has 0 aliphatic heterocycles. The molecule has 8 heteroatoms. The number of ether oxygens (including phenoxy) is 1. The minimum atomic E-state index is -0.399. The number of nitrogens with one attached hydrogen (secondary N) is 2. The second-order valence-electron chi connectivity index (χ2n) is 8.32. The van der Waals surface area contributed by atoms with Gasteiger partial charge in [0.15, 0.2) is 5.11 Å². The lowest BCUT2D eigenvalue weighted by atomic mass is 10.1. The first kappa shape index (κ1) is 24.6. The van der Waals surface area contributed by atoms with E-state index in [0.29, 0.717) is 22.2 Å². The number of hydrogen-bond donors (Lipinski definition) is 2. The van der Waals surface area contributed by atoms with E-state index in [2.05, 4.69) is 41.8 Å². The molecule has 4 aromatic rings. The summed E-state index contributed by atoms with van der Waals surface area (Å²) in [5, 5.41) is 12.2. The summed E-state index contributed by atoms with van der Waals surface area (Å²) in [6.45, 7) is 6.76. The highest BCUT2D eigenvalue weighted by atomic mass is 32.1. The zero-order valence-corrected chi connectivity index (χ0v) is 21.8. The summed E-state index contributed by atoms with van der Waals surface area (Å²) >= 11 is 7.11. The number of anilines is 2. The summed E-state index contributed by atoms with van der Waals surface area (Å²) in [5.74, 6) is -0.399. The summed E-state index contributed by atoms with van der Waals surface area (Å²) in [6, 6.07) is 20.3. The Labute approximate surface area is 215 Å². The quantitative estimate of drug-likeness (QED) is 0.234. The summed E-state index contributed by atoms with van der Waals surface area (Å²) in [5.41, 5.74) is 6.78. The minimum Gasteiger partial charge on any atom is -0.465 e. The van der Waals surface area contributed by atoms with Crippen LogP contribution in [0.3, 0.4) is 0 Å². The van der Waals surface area contributed by atoms with E-state index in [1.807, 2.05) is 54.9 Å². The number of benzene rings is 2. The average Bonchev–Trinajstić information content (AvgIpc) is 3.35. The van der Waals surface area contributed by atoms with Crippen molar-refractivity contribution in [1.29, 1.82) is 0 Å². The predicted octanol–water partition coefficient (Wildman–Crippen LogP) is 6.10. The first-order valence-corrected chi connectivity index (χ1v) is 12.5. The van der Waals surface area contributed by atoms with E-state index in [1.54, 1.807) is 0 Å². The summed E-state index contributed by atoms with van der Waals surface area (Å²) in [7, 11) is 1.38. The van der Waals surface area contributed by atoms with Crippen LogP contribution in [0, 0.1) is 20.8 Å². The van der Waals surface area contributed by atoms with Crippen LogP contribution < -0.4 is 10.6 Å². The van der Waals surface area contributed by atoms with E-state index in [4.69, 9.17) is 22.1 Å². The third kappa shape index (κ3) is 5.78. The molecule has 0 bridgehead atoms. The van der Waals surface area contributed by atoms with Crippen molar-refractivity contribution in [2.24, 2.45) is 0 Å². The number of nitrogens with zero attached hydrogens (tertiary/aromatic N) is 2. The maximum Gasteiger partial charge on any atom is 0.340 e. The highest BCUT2D eigenvalue weighted by molar-refractivity contribution is 7.80. The molecular weight excluding hydrogens is 476 g/mol. The van der Waals surface area contributed by atoms with Gasteiger partial charge in [-0.05, 0) is 55.7 Å². The molecule has 6 nitrogen and oxygen atoms in total. The van der Waals surface area contributed by atoms with Gasteiger partial charge < -0.3 is 15.4 Å². The molecule has 4 rings (SSSR count). The van der Waals surface area contributed by atoms with E-state index in [1.165, 1.54) is 35.1 Å². The first-order chi connectivity index (χ1) is 16.9. The van der Waals surface area contributed by atoms with Crippen LogP contribution in [0.15, 0.2) is 60.7 Å². The molecule has 0 radical (unpaired) electrons. The van der Waals surface area contributed by atoms with Gasteiger partial charge in [-0.2, -0.15) is 5.10 Å². The van der Waals surface area contributed by atoms with E-state index in [9.17, 15) is 4.79 Å². The number of carbonyl (C=O) groups is 1. The van der Waals surface area contributed by atoms with Gasteiger partial charge in [-0.3, -0.25) is 4.68 Å². The van der Waals surface area contributed by atoms with Crippen molar-refractivity contribution in [3.05, 3.63) is 99.2 Å². The molecule has 0 atom stereocenters. The summed E-state index contributed by atoms with van der Waals surface area (Å²) < 4.78 is 6.98. The summed E-state index contributed by atoms with van der Waals surface area (Å²) in [4.78, 5) is 13.5. The molecule has 0 saturated heterocycles. The number of methoxy groups -OCH3 is 1. The number of aryl methyl sites for hydroxylation is 2. The van der Waals surface area contributed by atoms with Gasteiger partial charge in [-0.25, -0.2) is 4.79 Å². The van der Waals surface area contributed by atoms with Crippen LogP contribution in [0.4, 0.5) is 10.7 Å². The van der Waals surface area contributed by atoms with Crippen LogP contribution in [0.5, 0.6) is 0 Å². The smallest absolute Gasteiger partial charge is 0.340 e. The fourth-order valence-corrected chi connectivity index (χ4v) is 5.26. The third-order valence-electron chi connectivity index (χ3n) is 5.84. The Morgan fingerprint density at radius 3 is 2.49 bits per heavy atom. The van der Waals surface area contributed by atoms with Crippen LogP contribution in [-0.4, -0.2) is 28.0 Å². The van der Waals surface area contributed by atoms with Crippen LogP contribution in [0.25, 0.3) is 0 Å². The van der Waals surface area contributed by atoms with Crippen LogP contribution in [0.2, 0.25) is 0 Å². The Morgan fingerprint density at radius 2 is 1.77 bits per heavy atom. The van der Waals surface area contributed by atoms with E-state index >= 15 is 0 Å². The molecule has 2 aromatic carbocycles.